The van der Waals surface area contributed by atoms with Crippen LogP contribution in [0.5, 0.6) is 0 Å². The Morgan fingerprint density at radius 3 is 3.08 bits per heavy atom. The van der Waals surface area contributed by atoms with E-state index in [1.807, 2.05) is 6.07 Å². The van der Waals surface area contributed by atoms with Gasteiger partial charge in [0.25, 0.3) is 0 Å². The van der Waals surface area contributed by atoms with Crippen LogP contribution in [0.25, 0.3) is 0 Å². The standard InChI is InChI=1S/C8H11N3S/c1-2-12-7-5-6(8(9)10)3-4-11-7/h3-5H,2H2,1H3,(H3,9,10). The number of nitrogen functional groups attached to an aromatic ring is 1. The Kier molecular flexibility index (Phi) is 3.10. The quantitative estimate of drug-likeness (QED) is 0.422. The maximum absolute atomic E-state index is 7.20. The van der Waals surface area contributed by atoms with Crippen molar-refractivity contribution >= 4 is 17.6 Å². The van der Waals surface area contributed by atoms with Crippen molar-refractivity contribution < 1.29 is 0 Å². The number of hydrogen-bond acceptors (Lipinski definition) is 3. The highest BCUT2D eigenvalue weighted by atomic mass is 32.2. The molecular weight excluding hydrogens is 170 g/mol. The summed E-state index contributed by atoms with van der Waals surface area (Å²) >= 11 is 1.64. The smallest absolute Gasteiger partial charge is 0.122 e. The number of amidine groups is 1. The maximum Gasteiger partial charge on any atom is 0.122 e. The zero-order chi connectivity index (χ0) is 8.97. The molecular formula is C8H11N3S. The lowest BCUT2D eigenvalue weighted by Crippen LogP contribution is -2.10. The van der Waals surface area contributed by atoms with Gasteiger partial charge >= 0.3 is 0 Å². The zero-order valence-electron chi connectivity index (χ0n) is 6.87. The average Bonchev–Trinajstić information content (AvgIpc) is 2.05. The Labute approximate surface area is 75.9 Å². The molecule has 64 valence electrons. The third-order valence-corrected chi connectivity index (χ3v) is 2.15. The second-order valence-electron chi connectivity index (χ2n) is 2.23. The Balaban J connectivity index is 2.88. The zero-order valence-corrected chi connectivity index (χ0v) is 7.69. The summed E-state index contributed by atoms with van der Waals surface area (Å²) in [6.07, 6.45) is 1.68. The van der Waals surface area contributed by atoms with Crippen molar-refractivity contribution in [1.82, 2.24) is 4.98 Å². The van der Waals surface area contributed by atoms with Crippen LogP contribution in [0.4, 0.5) is 0 Å². The number of hydrogen-bond donors (Lipinski definition) is 2. The molecule has 0 fully saturated rings. The maximum atomic E-state index is 7.20. The number of aromatic nitrogens is 1. The molecule has 0 spiro atoms. The minimum absolute atomic E-state index is 0.0929. The fraction of sp³-hybridized carbons (Fsp3) is 0.250. The van der Waals surface area contributed by atoms with Gasteiger partial charge in [0.2, 0.25) is 0 Å². The highest BCUT2D eigenvalue weighted by Crippen LogP contribution is 2.14. The summed E-state index contributed by atoms with van der Waals surface area (Å²) in [6, 6.07) is 3.57. The van der Waals surface area contributed by atoms with Gasteiger partial charge in [-0.25, -0.2) is 4.98 Å². The van der Waals surface area contributed by atoms with Crippen molar-refractivity contribution in [1.29, 1.82) is 5.41 Å². The molecule has 1 aromatic rings. The van der Waals surface area contributed by atoms with Crippen LogP contribution in [-0.4, -0.2) is 16.6 Å². The summed E-state index contributed by atoms with van der Waals surface area (Å²) < 4.78 is 0. The third-order valence-electron chi connectivity index (χ3n) is 1.34. The second-order valence-corrected chi connectivity index (χ2v) is 3.51. The molecule has 1 heterocycles. The molecule has 4 heteroatoms. The first kappa shape index (κ1) is 9.06. The van der Waals surface area contributed by atoms with Gasteiger partial charge < -0.3 is 5.73 Å². The molecule has 0 aliphatic carbocycles. The molecule has 12 heavy (non-hydrogen) atoms. The molecule has 0 aliphatic heterocycles. The molecule has 3 nitrogen and oxygen atoms in total. The van der Waals surface area contributed by atoms with Crippen LogP contribution in [0, 0.1) is 5.41 Å². The lowest BCUT2D eigenvalue weighted by Gasteiger charge is -2.00. The van der Waals surface area contributed by atoms with Gasteiger partial charge in [0, 0.05) is 11.8 Å². The van der Waals surface area contributed by atoms with Crippen LogP contribution < -0.4 is 5.73 Å². The van der Waals surface area contributed by atoms with E-state index >= 15 is 0 Å². The molecule has 1 aromatic heterocycles. The Morgan fingerprint density at radius 1 is 1.75 bits per heavy atom. The van der Waals surface area contributed by atoms with Crippen LogP contribution >= 0.6 is 11.8 Å². The van der Waals surface area contributed by atoms with Gasteiger partial charge in [0.15, 0.2) is 0 Å². The van der Waals surface area contributed by atoms with Gasteiger partial charge in [0.1, 0.15) is 5.84 Å². The highest BCUT2D eigenvalue weighted by Gasteiger charge is 1.98. The first-order valence-electron chi connectivity index (χ1n) is 3.67. The number of thioether (sulfide) groups is 1. The van der Waals surface area contributed by atoms with Gasteiger partial charge in [-0.05, 0) is 17.9 Å². The summed E-state index contributed by atoms with van der Waals surface area (Å²) in [5.41, 5.74) is 6.06. The minimum atomic E-state index is 0.0929. The van der Waals surface area contributed by atoms with Gasteiger partial charge in [-0.15, -0.1) is 11.8 Å². The molecule has 0 saturated heterocycles. The van der Waals surface area contributed by atoms with E-state index in [-0.39, 0.29) is 5.84 Å². The molecule has 0 atom stereocenters. The first-order valence-corrected chi connectivity index (χ1v) is 4.66. The number of nitrogens with zero attached hydrogens (tertiary/aromatic N) is 1. The Morgan fingerprint density at radius 2 is 2.50 bits per heavy atom. The molecule has 0 radical (unpaired) electrons. The van der Waals surface area contributed by atoms with E-state index in [0.717, 1.165) is 16.3 Å². The van der Waals surface area contributed by atoms with Crippen molar-refractivity contribution in [3.05, 3.63) is 23.9 Å². The lowest BCUT2D eigenvalue weighted by atomic mass is 10.2. The van der Waals surface area contributed by atoms with Crippen molar-refractivity contribution in [2.45, 2.75) is 11.9 Å². The van der Waals surface area contributed by atoms with Crippen LogP contribution in [0.3, 0.4) is 0 Å². The molecule has 0 aliphatic rings. The van der Waals surface area contributed by atoms with Crippen molar-refractivity contribution in [3.8, 4) is 0 Å². The van der Waals surface area contributed by atoms with E-state index < -0.39 is 0 Å². The topological polar surface area (TPSA) is 62.8 Å². The molecule has 0 amide bonds. The normalized spacial score (nSPS) is 9.75. The molecule has 0 bridgehead atoms. The van der Waals surface area contributed by atoms with Crippen LogP contribution in [0.15, 0.2) is 23.4 Å². The Hall–Kier alpha value is -1.03. The predicted molar refractivity (Wildman–Crippen MR) is 51.7 cm³/mol. The summed E-state index contributed by atoms with van der Waals surface area (Å²) in [7, 11) is 0. The predicted octanol–water partition coefficient (Wildman–Crippen LogP) is 1.48. The van der Waals surface area contributed by atoms with E-state index in [4.69, 9.17) is 11.1 Å². The number of rotatable bonds is 3. The first-order chi connectivity index (χ1) is 5.74. The molecule has 1 rings (SSSR count). The largest absolute Gasteiger partial charge is 0.384 e. The van der Waals surface area contributed by atoms with Gasteiger partial charge in [0.05, 0.1) is 5.03 Å². The average molecular weight is 181 g/mol. The SMILES string of the molecule is CCSc1cc(C(=N)N)ccn1. The van der Waals surface area contributed by atoms with Gasteiger partial charge in [-0.1, -0.05) is 6.92 Å². The third kappa shape index (κ3) is 2.23. The van der Waals surface area contributed by atoms with E-state index in [2.05, 4.69) is 11.9 Å². The molecule has 0 unspecified atom stereocenters. The number of nitrogens with two attached hydrogens (primary N) is 1. The van der Waals surface area contributed by atoms with Gasteiger partial charge in [-0.3, -0.25) is 5.41 Å². The summed E-state index contributed by atoms with van der Waals surface area (Å²) in [4.78, 5) is 4.12. The summed E-state index contributed by atoms with van der Waals surface area (Å²) in [5, 5.41) is 8.13. The van der Waals surface area contributed by atoms with Crippen LogP contribution in [-0.2, 0) is 0 Å². The van der Waals surface area contributed by atoms with E-state index in [9.17, 15) is 0 Å². The van der Waals surface area contributed by atoms with Crippen molar-refractivity contribution in [3.63, 3.8) is 0 Å². The van der Waals surface area contributed by atoms with E-state index in [1.165, 1.54) is 0 Å². The molecule has 3 N–H and O–H groups in total. The second kappa shape index (κ2) is 4.11. The van der Waals surface area contributed by atoms with Crippen molar-refractivity contribution in [2.24, 2.45) is 5.73 Å². The van der Waals surface area contributed by atoms with E-state index in [0.29, 0.717) is 0 Å². The van der Waals surface area contributed by atoms with Crippen LogP contribution in [0.2, 0.25) is 0 Å². The fourth-order valence-electron chi connectivity index (χ4n) is 0.804. The molecule has 0 saturated carbocycles. The summed E-state index contributed by atoms with van der Waals surface area (Å²) in [6.45, 7) is 2.06. The summed E-state index contributed by atoms with van der Waals surface area (Å²) in [5.74, 6) is 1.07. The lowest BCUT2D eigenvalue weighted by molar-refractivity contribution is 1.12. The van der Waals surface area contributed by atoms with Crippen molar-refractivity contribution in [2.75, 3.05) is 5.75 Å². The monoisotopic (exact) mass is 181 g/mol. The number of pyridine rings is 1. The fourth-order valence-corrected chi connectivity index (χ4v) is 1.45. The van der Waals surface area contributed by atoms with E-state index in [1.54, 1.807) is 24.0 Å². The molecule has 0 aromatic carbocycles. The Bertz CT molecular complexity index is 285. The highest BCUT2D eigenvalue weighted by molar-refractivity contribution is 7.99. The minimum Gasteiger partial charge on any atom is -0.384 e. The van der Waals surface area contributed by atoms with Crippen LogP contribution in [0.1, 0.15) is 12.5 Å². The number of nitrogens with one attached hydrogen (secondary N) is 1. The van der Waals surface area contributed by atoms with Gasteiger partial charge in [-0.2, -0.15) is 0 Å².